The highest BCUT2D eigenvalue weighted by Crippen LogP contribution is 2.33. The fraction of sp³-hybridized carbons (Fsp3) is 0.143. The average Bonchev–Trinajstić information content (AvgIpc) is 2.55. The molecule has 10 heteroatoms. The molecular formula is C14H15N5O5. The summed E-state index contributed by atoms with van der Waals surface area (Å²) in [5.41, 5.74) is 6.15. The van der Waals surface area contributed by atoms with Crippen LogP contribution in [0, 0.1) is 20.2 Å². The largest absolute Gasteiger partial charge is 0.397 e. The predicted octanol–water partition coefficient (Wildman–Crippen LogP) is 3.04. The molecule has 0 heterocycles. The van der Waals surface area contributed by atoms with Gasteiger partial charge in [0, 0.05) is 30.4 Å². The van der Waals surface area contributed by atoms with Crippen molar-refractivity contribution in [1.29, 1.82) is 0 Å². The number of nitrogens with one attached hydrogen (secondary N) is 1. The van der Waals surface area contributed by atoms with Gasteiger partial charge in [-0.25, -0.2) is 0 Å². The molecule has 10 nitrogen and oxygen atoms in total. The van der Waals surface area contributed by atoms with E-state index in [0.29, 0.717) is 5.69 Å². The molecular weight excluding hydrogens is 318 g/mol. The zero-order valence-corrected chi connectivity index (χ0v) is 12.7. The van der Waals surface area contributed by atoms with Gasteiger partial charge in [-0.05, 0) is 25.1 Å². The van der Waals surface area contributed by atoms with Crippen LogP contribution in [-0.4, -0.2) is 21.6 Å². The number of nitrogen functional groups attached to an aromatic ring is 1. The lowest BCUT2D eigenvalue weighted by molar-refractivity contribution is -0.384. The summed E-state index contributed by atoms with van der Waals surface area (Å²) in [5, 5.41) is 35.3. The van der Waals surface area contributed by atoms with Gasteiger partial charge >= 0.3 is 0 Å². The van der Waals surface area contributed by atoms with Gasteiger partial charge < -0.3 is 11.1 Å². The number of hydrogen-bond donors (Lipinski definition) is 3. The number of benzene rings is 2. The van der Waals surface area contributed by atoms with Crippen LogP contribution in [0.2, 0.25) is 0 Å². The van der Waals surface area contributed by atoms with Crippen molar-refractivity contribution in [3.8, 4) is 0 Å². The predicted molar refractivity (Wildman–Crippen MR) is 88.7 cm³/mol. The number of nitrogens with zero attached hydrogens (tertiary/aromatic N) is 3. The molecule has 0 saturated heterocycles. The third kappa shape index (κ3) is 3.50. The minimum atomic E-state index is -0.629. The van der Waals surface area contributed by atoms with Crippen molar-refractivity contribution >= 4 is 34.1 Å². The molecule has 0 aromatic heterocycles. The summed E-state index contributed by atoms with van der Waals surface area (Å²) in [5.74, 6) is 0. The molecule has 2 aromatic rings. The Balaban J connectivity index is 2.40. The first-order valence-corrected chi connectivity index (χ1v) is 6.89. The number of nitrogens with two attached hydrogens (primary N) is 1. The van der Waals surface area contributed by atoms with Crippen LogP contribution in [0.3, 0.4) is 0 Å². The maximum atomic E-state index is 11.2. The molecule has 2 aromatic carbocycles. The van der Waals surface area contributed by atoms with Gasteiger partial charge in [-0.1, -0.05) is 0 Å². The Morgan fingerprint density at radius 2 is 1.88 bits per heavy atom. The second-order valence-electron chi connectivity index (χ2n) is 4.83. The van der Waals surface area contributed by atoms with E-state index < -0.39 is 9.85 Å². The summed E-state index contributed by atoms with van der Waals surface area (Å²) in [4.78, 5) is 20.8. The molecule has 0 atom stereocenters. The summed E-state index contributed by atoms with van der Waals surface area (Å²) in [6.07, 6.45) is 0. The van der Waals surface area contributed by atoms with E-state index in [1.807, 2.05) is 0 Å². The van der Waals surface area contributed by atoms with E-state index in [1.165, 1.54) is 36.4 Å². The van der Waals surface area contributed by atoms with Gasteiger partial charge in [0.05, 0.1) is 21.2 Å². The Morgan fingerprint density at radius 1 is 1.17 bits per heavy atom. The Kier molecular flexibility index (Phi) is 4.80. The minimum Gasteiger partial charge on any atom is -0.397 e. The van der Waals surface area contributed by atoms with Crippen molar-refractivity contribution in [2.75, 3.05) is 22.7 Å². The van der Waals surface area contributed by atoms with Crippen LogP contribution >= 0.6 is 0 Å². The van der Waals surface area contributed by atoms with E-state index in [-0.39, 0.29) is 35.0 Å². The smallest absolute Gasteiger partial charge is 0.296 e. The molecule has 0 aliphatic carbocycles. The van der Waals surface area contributed by atoms with Crippen LogP contribution in [0.25, 0.3) is 0 Å². The maximum Gasteiger partial charge on any atom is 0.296 e. The van der Waals surface area contributed by atoms with Gasteiger partial charge in [0.15, 0.2) is 0 Å². The third-order valence-electron chi connectivity index (χ3n) is 3.28. The molecule has 0 radical (unpaired) electrons. The highest BCUT2D eigenvalue weighted by atomic mass is 16.6. The van der Waals surface area contributed by atoms with Crippen LogP contribution in [0.4, 0.5) is 34.1 Å². The maximum absolute atomic E-state index is 11.2. The van der Waals surface area contributed by atoms with E-state index in [0.717, 1.165) is 5.06 Å². The summed E-state index contributed by atoms with van der Waals surface area (Å²) in [6.45, 7) is 1.81. The lowest BCUT2D eigenvalue weighted by Crippen LogP contribution is -2.18. The van der Waals surface area contributed by atoms with Crippen molar-refractivity contribution < 1.29 is 15.1 Å². The van der Waals surface area contributed by atoms with Crippen LogP contribution in [0.5, 0.6) is 0 Å². The van der Waals surface area contributed by atoms with E-state index >= 15 is 0 Å². The highest BCUT2D eigenvalue weighted by molar-refractivity contribution is 5.77. The van der Waals surface area contributed by atoms with E-state index in [2.05, 4.69) is 5.32 Å². The Hall–Kier alpha value is -3.40. The lowest BCUT2D eigenvalue weighted by Gasteiger charge is -2.16. The summed E-state index contributed by atoms with van der Waals surface area (Å²) in [7, 11) is 0. The van der Waals surface area contributed by atoms with Crippen molar-refractivity contribution in [2.45, 2.75) is 6.92 Å². The second kappa shape index (κ2) is 6.79. The van der Waals surface area contributed by atoms with Crippen LogP contribution in [0.15, 0.2) is 36.4 Å². The monoisotopic (exact) mass is 333 g/mol. The van der Waals surface area contributed by atoms with Gasteiger partial charge in [-0.2, -0.15) is 0 Å². The molecule has 0 unspecified atom stereocenters. The van der Waals surface area contributed by atoms with Gasteiger partial charge in [0.1, 0.15) is 5.69 Å². The van der Waals surface area contributed by atoms with Crippen molar-refractivity contribution in [3.63, 3.8) is 0 Å². The molecule has 0 amide bonds. The Morgan fingerprint density at radius 3 is 2.46 bits per heavy atom. The minimum absolute atomic E-state index is 0.0417. The Bertz CT molecular complexity index is 795. The first-order valence-electron chi connectivity index (χ1n) is 6.89. The van der Waals surface area contributed by atoms with Gasteiger partial charge in [-0.3, -0.25) is 30.5 Å². The van der Waals surface area contributed by atoms with Gasteiger partial charge in [0.2, 0.25) is 0 Å². The molecule has 0 bridgehead atoms. The van der Waals surface area contributed by atoms with Crippen LogP contribution in [-0.2, 0) is 0 Å². The van der Waals surface area contributed by atoms with Gasteiger partial charge in [0.25, 0.3) is 11.4 Å². The van der Waals surface area contributed by atoms with Crippen molar-refractivity contribution in [1.82, 2.24) is 0 Å². The number of anilines is 4. The van der Waals surface area contributed by atoms with Crippen molar-refractivity contribution in [3.05, 3.63) is 56.6 Å². The van der Waals surface area contributed by atoms with E-state index in [4.69, 9.17) is 5.73 Å². The topological polar surface area (TPSA) is 148 Å². The SMILES string of the molecule is CCN(O)c1ccc(Nc2cc([N+](=O)[O-])ccc2N)cc1[N+](=O)[O-]. The Labute approximate surface area is 136 Å². The molecule has 2 rings (SSSR count). The standard InChI is InChI=1S/C14H15N5O5/c1-2-17(20)13-6-3-9(7-14(13)19(23)24)16-12-8-10(18(21)22)4-5-11(12)15/h3-8,16,20H,2,15H2,1H3. The number of hydrogen-bond acceptors (Lipinski definition) is 8. The lowest BCUT2D eigenvalue weighted by atomic mass is 10.2. The highest BCUT2D eigenvalue weighted by Gasteiger charge is 2.19. The zero-order chi connectivity index (χ0) is 17.9. The molecule has 0 aliphatic heterocycles. The molecule has 0 aliphatic rings. The molecule has 0 fully saturated rings. The van der Waals surface area contributed by atoms with E-state index in [1.54, 1.807) is 6.92 Å². The van der Waals surface area contributed by atoms with Crippen LogP contribution in [0.1, 0.15) is 6.92 Å². The first-order chi connectivity index (χ1) is 11.3. The summed E-state index contributed by atoms with van der Waals surface area (Å²) in [6, 6.07) is 7.95. The quantitative estimate of drug-likeness (QED) is 0.415. The third-order valence-corrected chi connectivity index (χ3v) is 3.28. The number of nitro benzene ring substituents is 2. The zero-order valence-electron chi connectivity index (χ0n) is 12.7. The summed E-state index contributed by atoms with van der Waals surface area (Å²) < 4.78 is 0. The number of nitro groups is 2. The number of non-ortho nitro benzene ring substituents is 1. The molecule has 126 valence electrons. The fourth-order valence-corrected chi connectivity index (χ4v) is 2.06. The molecule has 0 spiro atoms. The average molecular weight is 333 g/mol. The van der Waals surface area contributed by atoms with Crippen molar-refractivity contribution in [2.24, 2.45) is 0 Å². The normalized spacial score (nSPS) is 10.2. The number of hydroxylamine groups is 1. The second-order valence-corrected chi connectivity index (χ2v) is 4.83. The summed E-state index contributed by atoms with van der Waals surface area (Å²) >= 11 is 0. The fourth-order valence-electron chi connectivity index (χ4n) is 2.06. The molecule has 0 saturated carbocycles. The van der Waals surface area contributed by atoms with E-state index in [9.17, 15) is 25.4 Å². The number of rotatable bonds is 6. The van der Waals surface area contributed by atoms with Gasteiger partial charge in [-0.15, -0.1) is 0 Å². The molecule has 24 heavy (non-hydrogen) atoms. The first kappa shape index (κ1) is 17.0. The van der Waals surface area contributed by atoms with Crippen LogP contribution < -0.4 is 16.1 Å². The molecule has 4 N–H and O–H groups in total.